The highest BCUT2D eigenvalue weighted by molar-refractivity contribution is 7.09. The van der Waals surface area contributed by atoms with Gasteiger partial charge >= 0.3 is 6.03 Å². The molecule has 1 aromatic carbocycles. The van der Waals surface area contributed by atoms with Gasteiger partial charge in [0.25, 0.3) is 0 Å². The highest BCUT2D eigenvalue weighted by atomic mass is 32.1. The van der Waals surface area contributed by atoms with Crippen LogP contribution in [0.3, 0.4) is 0 Å². The lowest BCUT2D eigenvalue weighted by Gasteiger charge is -2.20. The number of rotatable bonds is 4. The van der Waals surface area contributed by atoms with Gasteiger partial charge in [-0.3, -0.25) is 4.79 Å². The van der Waals surface area contributed by atoms with E-state index in [1.54, 1.807) is 0 Å². The maximum Gasteiger partial charge on any atom is 0.315 e. The zero-order valence-corrected chi connectivity index (χ0v) is 14.5. The zero-order chi connectivity index (χ0) is 17.1. The predicted octanol–water partition coefficient (Wildman–Crippen LogP) is 2.90. The molecule has 0 bridgehead atoms. The lowest BCUT2D eigenvalue weighted by molar-refractivity contribution is -0.116. The molecular weight excluding hydrogens is 324 g/mol. The first-order valence-electron chi connectivity index (χ1n) is 7.89. The summed E-state index contributed by atoms with van der Waals surface area (Å²) in [5.41, 5.74) is 3.96. The summed E-state index contributed by atoms with van der Waals surface area (Å²) in [5.74, 6) is 0.0539. The van der Waals surface area contributed by atoms with Crippen molar-refractivity contribution < 1.29 is 9.59 Å². The van der Waals surface area contributed by atoms with Gasteiger partial charge in [0.1, 0.15) is 5.01 Å². The number of amides is 3. The van der Waals surface area contributed by atoms with Crippen LogP contribution in [0, 0.1) is 6.92 Å². The van der Waals surface area contributed by atoms with E-state index in [0.29, 0.717) is 13.0 Å². The number of aromatic nitrogens is 1. The van der Waals surface area contributed by atoms with Crippen LogP contribution in [0.1, 0.15) is 41.2 Å². The van der Waals surface area contributed by atoms with E-state index in [0.717, 1.165) is 33.9 Å². The predicted molar refractivity (Wildman–Crippen MR) is 94.0 cm³/mol. The maximum atomic E-state index is 12.0. The van der Waals surface area contributed by atoms with Crippen LogP contribution in [0.2, 0.25) is 0 Å². The van der Waals surface area contributed by atoms with E-state index >= 15 is 0 Å². The van der Waals surface area contributed by atoms with Gasteiger partial charge in [-0.05, 0) is 37.5 Å². The molecule has 1 aliphatic rings. The van der Waals surface area contributed by atoms with Crippen LogP contribution in [0.5, 0.6) is 0 Å². The van der Waals surface area contributed by atoms with Gasteiger partial charge in [0.15, 0.2) is 0 Å². The second-order valence-corrected chi connectivity index (χ2v) is 6.84. The topological polar surface area (TPSA) is 83.1 Å². The normalized spacial score (nSPS) is 14.5. The lowest BCUT2D eigenvalue weighted by atomic mass is 9.98. The minimum absolute atomic E-state index is 0.0539. The van der Waals surface area contributed by atoms with Crippen molar-refractivity contribution in [2.75, 3.05) is 5.32 Å². The van der Waals surface area contributed by atoms with Gasteiger partial charge in [0.2, 0.25) is 5.91 Å². The molecule has 0 saturated heterocycles. The Bertz CT molecular complexity index is 772. The molecular formula is C17H20N4O2S. The number of urea groups is 1. The fraction of sp³-hybridized carbons (Fsp3) is 0.353. The number of fused-ring (bicyclic) bond motifs is 1. The zero-order valence-electron chi connectivity index (χ0n) is 13.7. The number of carbonyl (C=O) groups is 2. The summed E-state index contributed by atoms with van der Waals surface area (Å²) in [7, 11) is 0. The molecule has 0 saturated carbocycles. The van der Waals surface area contributed by atoms with Gasteiger partial charge in [-0.25, -0.2) is 9.78 Å². The minimum Gasteiger partial charge on any atom is -0.332 e. The van der Waals surface area contributed by atoms with Crippen LogP contribution >= 0.6 is 11.3 Å². The molecule has 7 heteroatoms. The minimum atomic E-state index is -0.221. The Balaban J connectivity index is 1.57. The number of carbonyl (C=O) groups excluding carboxylic acids is 2. The van der Waals surface area contributed by atoms with Gasteiger partial charge in [-0.15, -0.1) is 11.3 Å². The highest BCUT2D eigenvalue weighted by Gasteiger charge is 2.17. The summed E-state index contributed by atoms with van der Waals surface area (Å²) in [6, 6.07) is 5.53. The summed E-state index contributed by atoms with van der Waals surface area (Å²) in [6.07, 6.45) is 1.24. The van der Waals surface area contributed by atoms with Gasteiger partial charge in [0, 0.05) is 23.2 Å². The summed E-state index contributed by atoms with van der Waals surface area (Å²) >= 11 is 1.53. The fourth-order valence-corrected chi connectivity index (χ4v) is 3.35. The smallest absolute Gasteiger partial charge is 0.315 e. The summed E-state index contributed by atoms with van der Waals surface area (Å²) in [5, 5.41) is 11.5. The Morgan fingerprint density at radius 1 is 1.42 bits per heavy atom. The summed E-state index contributed by atoms with van der Waals surface area (Å²) < 4.78 is 0. The molecule has 0 radical (unpaired) electrons. The van der Waals surface area contributed by atoms with Crippen LogP contribution < -0.4 is 16.0 Å². The molecule has 0 spiro atoms. The largest absolute Gasteiger partial charge is 0.332 e. The Labute approximate surface area is 144 Å². The van der Waals surface area contributed by atoms with Gasteiger partial charge < -0.3 is 16.0 Å². The number of thiazole rings is 1. The second-order valence-electron chi connectivity index (χ2n) is 5.90. The van der Waals surface area contributed by atoms with Gasteiger partial charge in [-0.2, -0.15) is 0 Å². The molecule has 3 amide bonds. The van der Waals surface area contributed by atoms with Crippen molar-refractivity contribution in [3.63, 3.8) is 0 Å². The van der Waals surface area contributed by atoms with Crippen LogP contribution in [0.4, 0.5) is 10.5 Å². The molecule has 6 nitrogen and oxygen atoms in total. The molecule has 2 heterocycles. The number of hydrogen-bond acceptors (Lipinski definition) is 4. The monoisotopic (exact) mass is 344 g/mol. The molecule has 0 aliphatic carbocycles. The van der Waals surface area contributed by atoms with Crippen molar-refractivity contribution in [3.8, 4) is 0 Å². The van der Waals surface area contributed by atoms with E-state index in [1.165, 1.54) is 11.3 Å². The number of benzene rings is 1. The first-order chi connectivity index (χ1) is 11.5. The first-order valence-corrected chi connectivity index (χ1v) is 8.77. The van der Waals surface area contributed by atoms with Crippen molar-refractivity contribution >= 4 is 29.0 Å². The van der Waals surface area contributed by atoms with Crippen LogP contribution in [0.15, 0.2) is 23.6 Å². The van der Waals surface area contributed by atoms with Gasteiger partial charge in [-0.1, -0.05) is 12.1 Å². The average molecular weight is 344 g/mol. The van der Waals surface area contributed by atoms with E-state index in [-0.39, 0.29) is 18.0 Å². The number of nitrogens with zero attached hydrogens (tertiary/aromatic N) is 1. The average Bonchev–Trinajstić information content (AvgIpc) is 2.98. The Hall–Kier alpha value is -2.41. The molecule has 3 rings (SSSR count). The number of aryl methyl sites for hydroxylation is 2. The third kappa shape index (κ3) is 3.91. The van der Waals surface area contributed by atoms with Crippen molar-refractivity contribution in [2.45, 2.75) is 39.3 Å². The first kappa shape index (κ1) is 16.4. The third-order valence-electron chi connectivity index (χ3n) is 3.94. The van der Waals surface area contributed by atoms with E-state index in [1.807, 2.05) is 37.4 Å². The standard InChI is InChI=1S/C17H20N4O2S/c1-10-9-24-16(19-10)8-18-17(23)20-11(2)12-3-5-14-13(7-12)4-6-15(22)21-14/h3,5,7,9,11H,4,6,8H2,1-2H3,(H,21,22)(H2,18,20,23)/t11-/m0/s1. The van der Waals surface area contributed by atoms with E-state index in [9.17, 15) is 9.59 Å². The molecule has 126 valence electrons. The SMILES string of the molecule is Cc1csc(CNC(=O)N[C@@H](C)c2ccc3c(c2)CCC(=O)N3)n1. The highest BCUT2D eigenvalue weighted by Crippen LogP contribution is 2.26. The van der Waals surface area contributed by atoms with Crippen LogP contribution in [-0.2, 0) is 17.8 Å². The van der Waals surface area contributed by atoms with E-state index < -0.39 is 0 Å². The number of hydrogen-bond donors (Lipinski definition) is 3. The van der Waals surface area contributed by atoms with Crippen molar-refractivity contribution in [1.29, 1.82) is 0 Å². The molecule has 1 aliphatic heterocycles. The molecule has 24 heavy (non-hydrogen) atoms. The fourth-order valence-electron chi connectivity index (χ4n) is 2.64. The molecule has 0 fully saturated rings. The van der Waals surface area contributed by atoms with Crippen LogP contribution in [0.25, 0.3) is 0 Å². The Kier molecular flexibility index (Phi) is 4.80. The van der Waals surface area contributed by atoms with Crippen molar-refractivity contribution in [1.82, 2.24) is 15.6 Å². The van der Waals surface area contributed by atoms with E-state index in [4.69, 9.17) is 0 Å². The lowest BCUT2D eigenvalue weighted by Crippen LogP contribution is -2.36. The van der Waals surface area contributed by atoms with Crippen molar-refractivity contribution in [2.24, 2.45) is 0 Å². The molecule has 0 unspecified atom stereocenters. The quantitative estimate of drug-likeness (QED) is 0.797. The molecule has 2 aromatic rings. The number of nitrogens with one attached hydrogen (secondary N) is 3. The third-order valence-corrected chi connectivity index (χ3v) is 4.91. The Morgan fingerprint density at radius 3 is 3.00 bits per heavy atom. The number of anilines is 1. The molecule has 1 atom stereocenters. The summed E-state index contributed by atoms with van der Waals surface area (Å²) in [4.78, 5) is 27.8. The van der Waals surface area contributed by atoms with Gasteiger partial charge in [0.05, 0.1) is 12.6 Å². The van der Waals surface area contributed by atoms with E-state index in [2.05, 4.69) is 20.9 Å². The summed E-state index contributed by atoms with van der Waals surface area (Å²) in [6.45, 7) is 4.30. The van der Waals surface area contributed by atoms with Crippen molar-refractivity contribution in [3.05, 3.63) is 45.4 Å². The van der Waals surface area contributed by atoms with Crippen LogP contribution in [-0.4, -0.2) is 16.9 Å². The molecule has 1 aromatic heterocycles. The maximum absolute atomic E-state index is 12.0. The second kappa shape index (κ2) is 7.00. The Morgan fingerprint density at radius 2 is 2.25 bits per heavy atom. The molecule has 3 N–H and O–H groups in total.